The third-order valence-corrected chi connectivity index (χ3v) is 3.62. The number of rotatable bonds is 7. The Morgan fingerprint density at radius 2 is 1.80 bits per heavy atom. The Kier molecular flexibility index (Phi) is 7.04. The Hall–Kier alpha value is -1.59. The minimum absolute atomic E-state index is 0.0257. The maximum Gasteiger partial charge on any atom is 0.242 e. The van der Waals surface area contributed by atoms with Gasteiger partial charge in [0.2, 0.25) is 18.2 Å². The van der Waals surface area contributed by atoms with Crippen LogP contribution in [0.3, 0.4) is 0 Å². The molecule has 6 nitrogen and oxygen atoms in total. The molecule has 6 heteroatoms. The molecule has 0 atom stereocenters. The van der Waals surface area contributed by atoms with Gasteiger partial charge in [0.25, 0.3) is 0 Å². The van der Waals surface area contributed by atoms with Gasteiger partial charge in [-0.3, -0.25) is 14.4 Å². The van der Waals surface area contributed by atoms with E-state index in [1.54, 1.807) is 14.7 Å². The van der Waals surface area contributed by atoms with Crippen LogP contribution in [0.4, 0.5) is 0 Å². The number of carbonyl (C=O) groups is 3. The zero-order valence-electron chi connectivity index (χ0n) is 12.5. The monoisotopic (exact) mass is 283 g/mol. The van der Waals surface area contributed by atoms with Crippen LogP contribution in [0.15, 0.2) is 0 Å². The number of carbonyl (C=O) groups excluding carboxylic acids is 3. The molecule has 0 aromatic heterocycles. The van der Waals surface area contributed by atoms with Crippen molar-refractivity contribution >= 4 is 18.2 Å². The van der Waals surface area contributed by atoms with E-state index in [1.165, 1.54) is 6.92 Å². The highest BCUT2D eigenvalue weighted by atomic mass is 16.2. The lowest BCUT2D eigenvalue weighted by Crippen LogP contribution is -2.51. The molecular formula is C14H25N3O3. The summed E-state index contributed by atoms with van der Waals surface area (Å²) in [4.78, 5) is 39.3. The van der Waals surface area contributed by atoms with Gasteiger partial charge in [-0.15, -0.1) is 0 Å². The Labute approximate surface area is 120 Å². The third-order valence-electron chi connectivity index (χ3n) is 3.62. The molecule has 114 valence electrons. The van der Waals surface area contributed by atoms with E-state index in [0.717, 1.165) is 25.7 Å². The van der Waals surface area contributed by atoms with Crippen LogP contribution in [-0.2, 0) is 14.4 Å². The topological polar surface area (TPSA) is 60.9 Å². The standard InChI is InChI=1S/C14H25N3O3/c1-3-4-5-6-17(13(2)19)11-14(20)16-9-7-15(12-18)8-10-16/h12H,3-11H2,1-2H3. The third kappa shape index (κ3) is 5.19. The Morgan fingerprint density at radius 3 is 2.30 bits per heavy atom. The maximum absolute atomic E-state index is 12.2. The average Bonchev–Trinajstić information content (AvgIpc) is 2.46. The van der Waals surface area contributed by atoms with Crippen molar-refractivity contribution in [2.24, 2.45) is 0 Å². The van der Waals surface area contributed by atoms with Gasteiger partial charge in [0.05, 0.1) is 6.54 Å². The zero-order chi connectivity index (χ0) is 15.0. The fraction of sp³-hybridized carbons (Fsp3) is 0.786. The van der Waals surface area contributed by atoms with E-state index >= 15 is 0 Å². The Balaban J connectivity index is 2.41. The summed E-state index contributed by atoms with van der Waals surface area (Å²) in [5, 5.41) is 0. The lowest BCUT2D eigenvalue weighted by Gasteiger charge is -2.34. The number of hydrogen-bond acceptors (Lipinski definition) is 3. The predicted molar refractivity (Wildman–Crippen MR) is 76.0 cm³/mol. The minimum atomic E-state index is -0.0546. The van der Waals surface area contributed by atoms with Crippen LogP contribution in [-0.4, -0.2) is 72.2 Å². The lowest BCUT2D eigenvalue weighted by atomic mass is 10.2. The largest absolute Gasteiger partial charge is 0.342 e. The summed E-state index contributed by atoms with van der Waals surface area (Å²) < 4.78 is 0. The summed E-state index contributed by atoms with van der Waals surface area (Å²) in [7, 11) is 0. The second kappa shape index (κ2) is 8.55. The van der Waals surface area contributed by atoms with Crippen molar-refractivity contribution in [2.75, 3.05) is 39.3 Å². The van der Waals surface area contributed by atoms with Crippen LogP contribution in [0.5, 0.6) is 0 Å². The summed E-state index contributed by atoms with van der Waals surface area (Å²) in [5.74, 6) is -0.0803. The normalized spacial score (nSPS) is 15.1. The zero-order valence-corrected chi connectivity index (χ0v) is 12.5. The first-order chi connectivity index (χ1) is 9.58. The second-order valence-corrected chi connectivity index (χ2v) is 5.17. The van der Waals surface area contributed by atoms with E-state index in [0.29, 0.717) is 32.7 Å². The summed E-state index contributed by atoms with van der Waals surface area (Å²) in [6.45, 7) is 6.66. The number of amides is 3. The highest BCUT2D eigenvalue weighted by Crippen LogP contribution is 2.04. The average molecular weight is 283 g/mol. The predicted octanol–water partition coefficient (Wildman–Crippen LogP) is 0.326. The molecule has 0 bridgehead atoms. The van der Waals surface area contributed by atoms with Crippen molar-refractivity contribution in [3.05, 3.63) is 0 Å². The fourth-order valence-corrected chi connectivity index (χ4v) is 2.24. The lowest BCUT2D eigenvalue weighted by molar-refractivity contribution is -0.141. The van der Waals surface area contributed by atoms with Gasteiger partial charge in [0.1, 0.15) is 0 Å². The molecule has 0 aromatic carbocycles. The molecule has 0 radical (unpaired) electrons. The van der Waals surface area contributed by atoms with Gasteiger partial charge < -0.3 is 14.7 Å². The van der Waals surface area contributed by atoms with Crippen molar-refractivity contribution < 1.29 is 14.4 Å². The molecule has 20 heavy (non-hydrogen) atoms. The molecule has 1 fully saturated rings. The van der Waals surface area contributed by atoms with Crippen molar-refractivity contribution in [3.8, 4) is 0 Å². The minimum Gasteiger partial charge on any atom is -0.342 e. The summed E-state index contributed by atoms with van der Waals surface area (Å²) in [6.07, 6.45) is 3.90. The van der Waals surface area contributed by atoms with Gasteiger partial charge in [-0.25, -0.2) is 0 Å². The van der Waals surface area contributed by atoms with Gasteiger partial charge in [0.15, 0.2) is 0 Å². The molecule has 1 aliphatic heterocycles. The van der Waals surface area contributed by atoms with Crippen LogP contribution in [0.1, 0.15) is 33.1 Å². The molecule has 1 rings (SSSR count). The molecular weight excluding hydrogens is 258 g/mol. The van der Waals surface area contributed by atoms with E-state index in [2.05, 4.69) is 6.92 Å². The smallest absolute Gasteiger partial charge is 0.242 e. The number of nitrogens with zero attached hydrogens (tertiary/aromatic N) is 3. The second-order valence-electron chi connectivity index (χ2n) is 5.17. The summed E-state index contributed by atoms with van der Waals surface area (Å²) in [5.41, 5.74) is 0. The van der Waals surface area contributed by atoms with Crippen molar-refractivity contribution in [1.82, 2.24) is 14.7 Å². The van der Waals surface area contributed by atoms with E-state index < -0.39 is 0 Å². The summed E-state index contributed by atoms with van der Waals surface area (Å²) in [6, 6.07) is 0. The van der Waals surface area contributed by atoms with Crippen LogP contribution in [0.2, 0.25) is 0 Å². The first-order valence-electron chi connectivity index (χ1n) is 7.31. The Bertz CT molecular complexity index is 339. The molecule has 0 unspecified atom stereocenters. The van der Waals surface area contributed by atoms with E-state index in [1.807, 2.05) is 0 Å². The van der Waals surface area contributed by atoms with Gasteiger partial charge in [-0.1, -0.05) is 19.8 Å². The molecule has 1 aliphatic rings. The highest BCUT2D eigenvalue weighted by molar-refractivity contribution is 5.84. The molecule has 0 spiro atoms. The number of piperazine rings is 1. The fourth-order valence-electron chi connectivity index (χ4n) is 2.24. The SMILES string of the molecule is CCCCCN(CC(=O)N1CCN(C=O)CC1)C(C)=O. The number of unbranched alkanes of at least 4 members (excludes halogenated alkanes) is 2. The van der Waals surface area contributed by atoms with E-state index in [9.17, 15) is 14.4 Å². The van der Waals surface area contributed by atoms with E-state index in [-0.39, 0.29) is 18.4 Å². The van der Waals surface area contributed by atoms with Crippen LogP contribution >= 0.6 is 0 Å². The first kappa shape index (κ1) is 16.5. The Morgan fingerprint density at radius 1 is 1.15 bits per heavy atom. The van der Waals surface area contributed by atoms with Gasteiger partial charge >= 0.3 is 0 Å². The maximum atomic E-state index is 12.2. The van der Waals surface area contributed by atoms with Crippen LogP contribution in [0.25, 0.3) is 0 Å². The van der Waals surface area contributed by atoms with Crippen LogP contribution < -0.4 is 0 Å². The molecule has 3 amide bonds. The molecule has 0 saturated carbocycles. The van der Waals surface area contributed by atoms with Crippen LogP contribution in [0, 0.1) is 0 Å². The summed E-state index contributed by atoms with van der Waals surface area (Å²) >= 11 is 0. The molecule has 0 N–H and O–H groups in total. The molecule has 1 saturated heterocycles. The van der Waals surface area contributed by atoms with Gasteiger partial charge in [0, 0.05) is 39.6 Å². The van der Waals surface area contributed by atoms with Gasteiger partial charge in [-0.2, -0.15) is 0 Å². The van der Waals surface area contributed by atoms with Crippen molar-refractivity contribution in [2.45, 2.75) is 33.1 Å². The molecule has 1 heterocycles. The molecule has 0 aromatic rings. The highest BCUT2D eigenvalue weighted by Gasteiger charge is 2.22. The quantitative estimate of drug-likeness (QED) is 0.499. The van der Waals surface area contributed by atoms with Crippen molar-refractivity contribution in [1.29, 1.82) is 0 Å². The number of hydrogen-bond donors (Lipinski definition) is 0. The van der Waals surface area contributed by atoms with Crippen molar-refractivity contribution in [3.63, 3.8) is 0 Å². The molecule has 0 aliphatic carbocycles. The van der Waals surface area contributed by atoms with Gasteiger partial charge in [-0.05, 0) is 6.42 Å². The first-order valence-corrected chi connectivity index (χ1v) is 7.31. The van der Waals surface area contributed by atoms with E-state index in [4.69, 9.17) is 0 Å².